The van der Waals surface area contributed by atoms with Crippen molar-refractivity contribution >= 4 is 17.6 Å². The molecule has 2 rings (SSSR count). The maximum absolute atomic E-state index is 10.5. The van der Waals surface area contributed by atoms with Crippen molar-refractivity contribution in [1.82, 2.24) is 10.2 Å². The first-order chi connectivity index (χ1) is 7.16. The molecule has 2 aromatic rings. The lowest BCUT2D eigenvalue weighted by molar-refractivity contribution is -0.255. The second-order valence-electron chi connectivity index (χ2n) is 2.96. The second kappa shape index (κ2) is 3.74. The van der Waals surface area contributed by atoms with Gasteiger partial charge in [0.25, 0.3) is 0 Å². The maximum atomic E-state index is 10.5. The van der Waals surface area contributed by atoms with Gasteiger partial charge in [-0.25, -0.2) is 0 Å². The summed E-state index contributed by atoms with van der Waals surface area (Å²) in [4.78, 5) is 10.5. The zero-order chi connectivity index (χ0) is 10.8. The van der Waals surface area contributed by atoms with E-state index in [2.05, 4.69) is 10.2 Å². The van der Waals surface area contributed by atoms with E-state index in [0.717, 1.165) is 5.56 Å². The average molecular weight is 222 g/mol. The fraction of sp³-hybridized carbons (Fsp3) is 0. The number of hydrogen-bond acceptors (Lipinski definition) is 3. The van der Waals surface area contributed by atoms with E-state index in [0.29, 0.717) is 10.7 Å². The summed E-state index contributed by atoms with van der Waals surface area (Å²) in [7, 11) is 0. The van der Waals surface area contributed by atoms with Crippen molar-refractivity contribution in [2.75, 3.05) is 0 Å². The summed E-state index contributed by atoms with van der Waals surface area (Å²) in [6.07, 6.45) is 0. The van der Waals surface area contributed by atoms with Crippen molar-refractivity contribution in [3.63, 3.8) is 0 Å². The third kappa shape index (κ3) is 1.99. The molecule has 1 N–H and O–H groups in total. The van der Waals surface area contributed by atoms with Gasteiger partial charge in [0, 0.05) is 10.6 Å². The van der Waals surface area contributed by atoms with Gasteiger partial charge in [-0.1, -0.05) is 23.7 Å². The number of nitrogens with one attached hydrogen (secondary N) is 1. The van der Waals surface area contributed by atoms with Crippen LogP contribution in [0.1, 0.15) is 10.5 Å². The Hall–Kier alpha value is -1.81. The number of H-pyrrole nitrogens is 1. The fourth-order valence-electron chi connectivity index (χ4n) is 1.22. The van der Waals surface area contributed by atoms with E-state index >= 15 is 0 Å². The van der Waals surface area contributed by atoms with E-state index in [-0.39, 0.29) is 5.69 Å². The molecule has 5 heteroatoms. The maximum Gasteiger partial charge on any atom is 0.0928 e. The van der Waals surface area contributed by atoms with Gasteiger partial charge in [-0.2, -0.15) is 5.10 Å². The highest BCUT2D eigenvalue weighted by Gasteiger charge is 2.04. The molecule has 1 heterocycles. The molecule has 0 saturated carbocycles. The zero-order valence-electron chi connectivity index (χ0n) is 7.53. The number of carbonyl (C=O) groups excluding carboxylic acids is 1. The molecule has 0 unspecified atom stereocenters. The molecular formula is C10H6ClN2O2-. The Morgan fingerprint density at radius 3 is 2.80 bits per heavy atom. The Balaban J connectivity index is 2.41. The van der Waals surface area contributed by atoms with Gasteiger partial charge in [-0.05, 0) is 18.2 Å². The number of nitrogens with zero attached hydrogens (tertiary/aromatic N) is 1. The highest BCUT2D eigenvalue weighted by atomic mass is 35.5. The van der Waals surface area contributed by atoms with Gasteiger partial charge < -0.3 is 9.90 Å². The number of aromatic carboxylic acids is 1. The number of hydrogen-bond donors (Lipinski definition) is 1. The Morgan fingerprint density at radius 2 is 2.20 bits per heavy atom. The van der Waals surface area contributed by atoms with Crippen molar-refractivity contribution < 1.29 is 9.90 Å². The summed E-state index contributed by atoms with van der Waals surface area (Å²) >= 11 is 5.80. The van der Waals surface area contributed by atoms with Crippen LogP contribution < -0.4 is 5.11 Å². The molecule has 0 fully saturated rings. The second-order valence-corrected chi connectivity index (χ2v) is 3.40. The number of carboxylic acid groups (broad SMARTS) is 1. The molecule has 0 atom stereocenters. The van der Waals surface area contributed by atoms with Crippen LogP contribution >= 0.6 is 11.6 Å². The number of halogens is 1. The van der Waals surface area contributed by atoms with Crippen LogP contribution in [0.25, 0.3) is 11.3 Å². The van der Waals surface area contributed by atoms with Gasteiger partial charge in [0.15, 0.2) is 0 Å². The van der Waals surface area contributed by atoms with Gasteiger partial charge in [-0.3, -0.25) is 5.10 Å². The van der Waals surface area contributed by atoms with Crippen molar-refractivity contribution in [2.45, 2.75) is 0 Å². The molecule has 0 aliphatic carbocycles. The molecule has 15 heavy (non-hydrogen) atoms. The Bertz CT molecular complexity index is 508. The standard InChI is InChI=1S/C10H7ClN2O2/c11-7-3-1-2-6(4-7)8-5-9(10(14)15)13-12-8/h1-5H,(H,12,13)(H,14,15)/p-1. The normalized spacial score (nSPS) is 10.2. The monoisotopic (exact) mass is 221 g/mol. The summed E-state index contributed by atoms with van der Waals surface area (Å²) in [5, 5.41) is 17.3. The minimum atomic E-state index is -1.28. The first-order valence-corrected chi connectivity index (χ1v) is 4.57. The van der Waals surface area contributed by atoms with Gasteiger partial charge in [-0.15, -0.1) is 0 Å². The van der Waals surface area contributed by atoms with Crippen molar-refractivity contribution in [1.29, 1.82) is 0 Å². The van der Waals surface area contributed by atoms with Gasteiger partial charge in [0.05, 0.1) is 17.4 Å². The van der Waals surface area contributed by atoms with E-state index in [4.69, 9.17) is 11.6 Å². The van der Waals surface area contributed by atoms with Crippen LogP contribution in [0.15, 0.2) is 30.3 Å². The lowest BCUT2D eigenvalue weighted by Crippen LogP contribution is -2.22. The van der Waals surface area contributed by atoms with E-state index in [1.54, 1.807) is 24.3 Å². The number of benzene rings is 1. The lowest BCUT2D eigenvalue weighted by atomic mass is 10.1. The smallest absolute Gasteiger partial charge is 0.0928 e. The Morgan fingerprint density at radius 1 is 1.40 bits per heavy atom. The number of aromatic nitrogens is 2. The van der Waals surface area contributed by atoms with Crippen LogP contribution in [-0.4, -0.2) is 16.2 Å². The zero-order valence-corrected chi connectivity index (χ0v) is 8.28. The van der Waals surface area contributed by atoms with E-state index in [1.165, 1.54) is 6.07 Å². The van der Waals surface area contributed by atoms with E-state index < -0.39 is 5.97 Å². The van der Waals surface area contributed by atoms with Gasteiger partial charge >= 0.3 is 0 Å². The average Bonchev–Trinajstić information content (AvgIpc) is 2.66. The first-order valence-electron chi connectivity index (χ1n) is 4.19. The molecule has 0 aliphatic heterocycles. The van der Waals surface area contributed by atoms with Crippen LogP contribution in [0.4, 0.5) is 0 Å². The highest BCUT2D eigenvalue weighted by Crippen LogP contribution is 2.20. The molecule has 0 spiro atoms. The number of aromatic amines is 1. The van der Waals surface area contributed by atoms with E-state index in [9.17, 15) is 9.90 Å². The summed E-state index contributed by atoms with van der Waals surface area (Å²) in [5.74, 6) is -1.28. The summed E-state index contributed by atoms with van der Waals surface area (Å²) < 4.78 is 0. The van der Waals surface area contributed by atoms with Crippen LogP contribution in [0.3, 0.4) is 0 Å². The van der Waals surface area contributed by atoms with Gasteiger partial charge in [0.2, 0.25) is 0 Å². The Kier molecular flexibility index (Phi) is 2.43. The summed E-state index contributed by atoms with van der Waals surface area (Å²) in [6, 6.07) is 8.40. The minimum absolute atomic E-state index is 0.0509. The van der Waals surface area contributed by atoms with Crippen LogP contribution in [0.5, 0.6) is 0 Å². The molecule has 4 nitrogen and oxygen atoms in total. The quantitative estimate of drug-likeness (QED) is 0.826. The lowest BCUT2D eigenvalue weighted by Gasteiger charge is -1.96. The van der Waals surface area contributed by atoms with Crippen molar-refractivity contribution in [3.05, 3.63) is 41.0 Å². The number of carbonyl (C=O) groups is 1. The molecule has 0 aliphatic rings. The summed E-state index contributed by atoms with van der Waals surface area (Å²) in [6.45, 7) is 0. The van der Waals surface area contributed by atoms with Crippen LogP contribution in [-0.2, 0) is 0 Å². The molecular weight excluding hydrogens is 216 g/mol. The number of carboxylic acids is 1. The predicted octanol–water partition coefficient (Wildman–Crippen LogP) is 1.09. The Labute approximate surface area is 90.5 Å². The predicted molar refractivity (Wildman–Crippen MR) is 53.4 cm³/mol. The molecule has 1 aromatic heterocycles. The molecule has 0 amide bonds. The highest BCUT2D eigenvalue weighted by molar-refractivity contribution is 6.30. The minimum Gasteiger partial charge on any atom is -0.543 e. The van der Waals surface area contributed by atoms with Gasteiger partial charge in [0.1, 0.15) is 0 Å². The topological polar surface area (TPSA) is 68.8 Å². The van der Waals surface area contributed by atoms with Crippen molar-refractivity contribution in [2.24, 2.45) is 0 Å². The molecule has 76 valence electrons. The molecule has 0 bridgehead atoms. The fourth-order valence-corrected chi connectivity index (χ4v) is 1.41. The van der Waals surface area contributed by atoms with Crippen molar-refractivity contribution in [3.8, 4) is 11.3 Å². The summed E-state index contributed by atoms with van der Waals surface area (Å²) in [5.41, 5.74) is 1.23. The first kappa shape index (κ1) is 9.73. The largest absolute Gasteiger partial charge is 0.543 e. The SMILES string of the molecule is O=C([O-])c1cc(-c2cccc(Cl)c2)n[nH]1. The van der Waals surface area contributed by atoms with E-state index in [1.807, 2.05) is 0 Å². The third-order valence-electron chi connectivity index (χ3n) is 1.92. The molecule has 0 saturated heterocycles. The number of rotatable bonds is 2. The molecule has 0 radical (unpaired) electrons. The van der Waals surface area contributed by atoms with Crippen LogP contribution in [0, 0.1) is 0 Å². The molecule has 1 aromatic carbocycles. The third-order valence-corrected chi connectivity index (χ3v) is 2.15. The van der Waals surface area contributed by atoms with Crippen LogP contribution in [0.2, 0.25) is 5.02 Å².